The van der Waals surface area contributed by atoms with Gasteiger partial charge in [-0.1, -0.05) is 13.8 Å². The van der Waals surface area contributed by atoms with Crippen molar-refractivity contribution in [1.82, 2.24) is 0 Å². The lowest BCUT2D eigenvalue weighted by Gasteiger charge is -2.19. The molecule has 114 valence electrons. The normalized spacial score (nSPS) is 24.9. The van der Waals surface area contributed by atoms with E-state index in [2.05, 4.69) is 4.74 Å². The van der Waals surface area contributed by atoms with Crippen LogP contribution in [0.5, 0.6) is 0 Å². The summed E-state index contributed by atoms with van der Waals surface area (Å²) >= 11 is 0. The Labute approximate surface area is 120 Å². The van der Waals surface area contributed by atoms with Crippen molar-refractivity contribution in [2.45, 2.75) is 40.2 Å². The maximum Gasteiger partial charge on any atom is 0.372 e. The number of rotatable bonds is 4. The highest BCUT2D eigenvalue weighted by Crippen LogP contribution is 2.60. The zero-order valence-corrected chi connectivity index (χ0v) is 13.3. The zero-order chi connectivity index (χ0) is 15.7. The highest BCUT2D eigenvalue weighted by molar-refractivity contribution is 5.87. The van der Waals surface area contributed by atoms with Gasteiger partial charge >= 0.3 is 11.9 Å². The van der Waals surface area contributed by atoms with Crippen LogP contribution >= 0.6 is 0 Å². The number of allylic oxidation sites excluding steroid dienone is 1. The smallest absolute Gasteiger partial charge is 0.372 e. The Morgan fingerprint density at radius 3 is 2.05 bits per heavy atom. The molecule has 0 aromatic rings. The SMILES string of the molecule is COC(=O)C(=C[C@@H]1[C@@H](C(=O)OC(C)(C)C)C1(C)C)OC. The van der Waals surface area contributed by atoms with Crippen molar-refractivity contribution < 1.29 is 23.8 Å². The van der Waals surface area contributed by atoms with Crippen molar-refractivity contribution in [3.63, 3.8) is 0 Å². The van der Waals surface area contributed by atoms with E-state index in [4.69, 9.17) is 9.47 Å². The molecule has 0 aromatic carbocycles. The molecule has 0 aromatic heterocycles. The molecule has 1 aliphatic rings. The lowest BCUT2D eigenvalue weighted by Crippen LogP contribution is -2.26. The van der Waals surface area contributed by atoms with Crippen LogP contribution in [0, 0.1) is 17.3 Å². The summed E-state index contributed by atoms with van der Waals surface area (Å²) in [4.78, 5) is 23.6. The molecule has 0 spiro atoms. The summed E-state index contributed by atoms with van der Waals surface area (Å²) in [5.41, 5.74) is -0.767. The van der Waals surface area contributed by atoms with Gasteiger partial charge in [-0.15, -0.1) is 0 Å². The van der Waals surface area contributed by atoms with Crippen LogP contribution in [0.2, 0.25) is 0 Å². The standard InChI is InChI=1S/C15H24O5/c1-14(2,3)20-13(17)11-9(15(11,4)5)8-10(18-6)12(16)19-7/h8-9,11H,1-7H3/t9-,11+/m1/s1. The van der Waals surface area contributed by atoms with E-state index in [0.29, 0.717) is 0 Å². The number of esters is 2. The van der Waals surface area contributed by atoms with E-state index in [0.717, 1.165) is 0 Å². The lowest BCUT2D eigenvalue weighted by molar-refractivity contribution is -0.157. The van der Waals surface area contributed by atoms with Crippen LogP contribution < -0.4 is 0 Å². The van der Waals surface area contributed by atoms with Crippen LogP contribution in [0.25, 0.3) is 0 Å². The second-order valence-electron chi connectivity index (χ2n) is 6.58. The van der Waals surface area contributed by atoms with Gasteiger partial charge in [-0.05, 0) is 32.3 Å². The summed E-state index contributed by atoms with van der Waals surface area (Å²) in [5.74, 6) is -1.03. The van der Waals surface area contributed by atoms with Crippen LogP contribution in [0.3, 0.4) is 0 Å². The Morgan fingerprint density at radius 2 is 1.65 bits per heavy atom. The summed E-state index contributed by atoms with van der Waals surface area (Å²) < 4.78 is 15.0. The maximum atomic E-state index is 12.1. The molecule has 1 fully saturated rings. The average molecular weight is 284 g/mol. The third kappa shape index (κ3) is 3.52. The van der Waals surface area contributed by atoms with Gasteiger partial charge in [0.05, 0.1) is 20.1 Å². The van der Waals surface area contributed by atoms with E-state index in [1.807, 2.05) is 34.6 Å². The number of carbonyl (C=O) groups is 2. The van der Waals surface area contributed by atoms with E-state index in [9.17, 15) is 9.59 Å². The number of carbonyl (C=O) groups excluding carboxylic acids is 2. The predicted octanol–water partition coefficient (Wildman–Crippen LogP) is 2.30. The highest BCUT2D eigenvalue weighted by Gasteiger charge is 2.62. The summed E-state index contributed by atoms with van der Waals surface area (Å²) in [6.07, 6.45) is 1.65. The van der Waals surface area contributed by atoms with Gasteiger partial charge in [-0.3, -0.25) is 4.79 Å². The molecule has 0 bridgehead atoms. The molecule has 0 N–H and O–H groups in total. The Balaban J connectivity index is 2.86. The molecule has 1 saturated carbocycles. The summed E-state index contributed by atoms with van der Waals surface area (Å²) in [5, 5.41) is 0. The monoisotopic (exact) mass is 284 g/mol. The molecule has 1 rings (SSSR count). The molecular weight excluding hydrogens is 260 g/mol. The quantitative estimate of drug-likeness (QED) is 0.450. The minimum absolute atomic E-state index is 0.0913. The van der Waals surface area contributed by atoms with E-state index < -0.39 is 11.6 Å². The first-order valence-electron chi connectivity index (χ1n) is 6.61. The maximum absolute atomic E-state index is 12.1. The molecule has 0 amide bonds. The summed E-state index contributed by atoms with van der Waals surface area (Å²) in [6.45, 7) is 9.43. The van der Waals surface area contributed by atoms with Gasteiger partial charge < -0.3 is 14.2 Å². The average Bonchev–Trinajstić information content (AvgIpc) is 2.84. The Hall–Kier alpha value is -1.52. The molecule has 0 saturated heterocycles. The Bertz CT molecular complexity index is 428. The topological polar surface area (TPSA) is 61.8 Å². The largest absolute Gasteiger partial charge is 0.490 e. The van der Waals surface area contributed by atoms with E-state index in [-0.39, 0.29) is 29.0 Å². The third-order valence-corrected chi connectivity index (χ3v) is 3.51. The Morgan fingerprint density at radius 1 is 1.10 bits per heavy atom. The third-order valence-electron chi connectivity index (χ3n) is 3.51. The summed E-state index contributed by atoms with van der Waals surface area (Å²) in [7, 11) is 2.69. The van der Waals surface area contributed by atoms with Gasteiger partial charge in [0, 0.05) is 5.92 Å². The van der Waals surface area contributed by atoms with Gasteiger partial charge in [-0.25, -0.2) is 4.79 Å². The molecule has 0 radical (unpaired) electrons. The van der Waals surface area contributed by atoms with E-state index in [1.165, 1.54) is 14.2 Å². The first-order chi connectivity index (χ1) is 9.04. The molecule has 2 atom stereocenters. The summed E-state index contributed by atoms with van der Waals surface area (Å²) in [6, 6.07) is 0. The van der Waals surface area contributed by atoms with Gasteiger partial charge in [0.1, 0.15) is 5.60 Å². The van der Waals surface area contributed by atoms with Crippen LogP contribution in [0.1, 0.15) is 34.6 Å². The number of ether oxygens (including phenoxy) is 3. The van der Waals surface area contributed by atoms with E-state index >= 15 is 0 Å². The van der Waals surface area contributed by atoms with Crippen molar-refractivity contribution in [3.8, 4) is 0 Å². The minimum Gasteiger partial charge on any atom is -0.490 e. The van der Waals surface area contributed by atoms with Crippen LogP contribution in [-0.4, -0.2) is 31.8 Å². The molecule has 5 nitrogen and oxygen atoms in total. The van der Waals surface area contributed by atoms with Crippen molar-refractivity contribution in [3.05, 3.63) is 11.8 Å². The molecular formula is C15H24O5. The van der Waals surface area contributed by atoms with E-state index in [1.54, 1.807) is 6.08 Å². The van der Waals surface area contributed by atoms with Gasteiger partial charge in [0.2, 0.25) is 5.76 Å². The van der Waals surface area contributed by atoms with Crippen molar-refractivity contribution >= 4 is 11.9 Å². The molecule has 0 heterocycles. The molecule has 0 unspecified atom stereocenters. The van der Waals surface area contributed by atoms with Crippen molar-refractivity contribution in [1.29, 1.82) is 0 Å². The number of hydrogen-bond acceptors (Lipinski definition) is 5. The molecule has 0 aliphatic heterocycles. The zero-order valence-electron chi connectivity index (χ0n) is 13.3. The van der Waals surface area contributed by atoms with Gasteiger partial charge in [0.15, 0.2) is 0 Å². The second kappa shape index (κ2) is 5.46. The van der Waals surface area contributed by atoms with Crippen LogP contribution in [0.4, 0.5) is 0 Å². The van der Waals surface area contributed by atoms with Gasteiger partial charge in [-0.2, -0.15) is 0 Å². The first kappa shape index (κ1) is 16.5. The lowest BCUT2D eigenvalue weighted by atomic mass is 10.1. The van der Waals surface area contributed by atoms with Crippen molar-refractivity contribution in [2.24, 2.45) is 17.3 Å². The van der Waals surface area contributed by atoms with Crippen molar-refractivity contribution in [2.75, 3.05) is 14.2 Å². The fraction of sp³-hybridized carbons (Fsp3) is 0.733. The number of hydrogen-bond donors (Lipinski definition) is 0. The fourth-order valence-corrected chi connectivity index (χ4v) is 2.29. The van der Waals surface area contributed by atoms with Crippen LogP contribution in [-0.2, 0) is 23.8 Å². The predicted molar refractivity (Wildman–Crippen MR) is 73.7 cm³/mol. The molecule has 5 heteroatoms. The first-order valence-corrected chi connectivity index (χ1v) is 6.61. The molecule has 20 heavy (non-hydrogen) atoms. The second-order valence-corrected chi connectivity index (χ2v) is 6.58. The minimum atomic E-state index is -0.543. The van der Waals surface area contributed by atoms with Crippen LogP contribution in [0.15, 0.2) is 11.8 Å². The number of methoxy groups -OCH3 is 2. The Kier molecular flexibility index (Phi) is 4.52. The van der Waals surface area contributed by atoms with Gasteiger partial charge in [0.25, 0.3) is 0 Å². The molecule has 1 aliphatic carbocycles. The highest BCUT2D eigenvalue weighted by atomic mass is 16.6. The fourth-order valence-electron chi connectivity index (χ4n) is 2.29.